The smallest absolute Gasteiger partial charge is 0.340 e. The highest BCUT2D eigenvalue weighted by atomic mass is 79.9. The van der Waals surface area contributed by atoms with Crippen LogP contribution in [0.3, 0.4) is 0 Å². The zero-order chi connectivity index (χ0) is 12.1. The highest BCUT2D eigenvalue weighted by Gasteiger charge is 2.17. The minimum absolute atomic E-state index is 0.328. The SMILES string of the molecule is CCC(C#N)OC(=O)c1cccc(N)c1Br. The van der Waals surface area contributed by atoms with E-state index in [1.165, 1.54) is 0 Å². The maximum Gasteiger partial charge on any atom is 0.340 e. The Balaban J connectivity index is 2.90. The van der Waals surface area contributed by atoms with Crippen LogP contribution in [0.4, 0.5) is 5.69 Å². The first-order valence-corrected chi connectivity index (χ1v) is 5.54. The number of nitrogens with zero attached hydrogens (tertiary/aromatic N) is 1. The second-order valence-electron chi connectivity index (χ2n) is 3.14. The summed E-state index contributed by atoms with van der Waals surface area (Å²) in [5.74, 6) is -0.549. The number of nitriles is 1. The van der Waals surface area contributed by atoms with Gasteiger partial charge in [-0.05, 0) is 34.5 Å². The predicted molar refractivity (Wildman–Crippen MR) is 63.7 cm³/mol. The summed E-state index contributed by atoms with van der Waals surface area (Å²) in [5.41, 5.74) is 6.42. The van der Waals surface area contributed by atoms with Crippen molar-refractivity contribution in [2.45, 2.75) is 19.4 Å². The van der Waals surface area contributed by atoms with Crippen LogP contribution in [0.15, 0.2) is 22.7 Å². The maximum absolute atomic E-state index is 11.7. The van der Waals surface area contributed by atoms with Gasteiger partial charge in [-0.25, -0.2) is 4.79 Å². The van der Waals surface area contributed by atoms with Gasteiger partial charge in [0.1, 0.15) is 6.07 Å². The molecule has 0 saturated carbocycles. The van der Waals surface area contributed by atoms with E-state index in [0.717, 1.165) is 0 Å². The van der Waals surface area contributed by atoms with Gasteiger partial charge >= 0.3 is 5.97 Å². The Hall–Kier alpha value is -1.54. The van der Waals surface area contributed by atoms with Crippen LogP contribution in [0.25, 0.3) is 0 Å². The molecule has 0 radical (unpaired) electrons. The minimum atomic E-state index is -0.721. The van der Waals surface area contributed by atoms with Crippen LogP contribution in [0.5, 0.6) is 0 Å². The number of nitrogen functional groups attached to an aromatic ring is 1. The molecule has 0 saturated heterocycles. The van der Waals surface area contributed by atoms with E-state index in [-0.39, 0.29) is 0 Å². The highest BCUT2D eigenvalue weighted by Crippen LogP contribution is 2.24. The number of benzene rings is 1. The summed E-state index contributed by atoms with van der Waals surface area (Å²) in [7, 11) is 0. The van der Waals surface area contributed by atoms with E-state index in [2.05, 4.69) is 15.9 Å². The summed E-state index contributed by atoms with van der Waals surface area (Å²) >= 11 is 3.21. The van der Waals surface area contributed by atoms with Gasteiger partial charge in [-0.3, -0.25) is 0 Å². The molecule has 1 atom stereocenters. The van der Waals surface area contributed by atoms with Crippen molar-refractivity contribution in [3.63, 3.8) is 0 Å². The third-order valence-electron chi connectivity index (χ3n) is 2.01. The van der Waals surface area contributed by atoms with Crippen molar-refractivity contribution in [3.8, 4) is 6.07 Å². The fourth-order valence-corrected chi connectivity index (χ4v) is 1.53. The number of esters is 1. The van der Waals surface area contributed by atoms with E-state index in [0.29, 0.717) is 22.1 Å². The molecule has 1 rings (SSSR count). The molecule has 1 aromatic rings. The van der Waals surface area contributed by atoms with Gasteiger partial charge in [-0.1, -0.05) is 13.0 Å². The van der Waals surface area contributed by atoms with E-state index in [1.54, 1.807) is 25.1 Å². The molecule has 0 aliphatic carbocycles. The molecule has 0 aromatic heterocycles. The minimum Gasteiger partial charge on any atom is -0.443 e. The van der Waals surface area contributed by atoms with Crippen molar-refractivity contribution in [2.75, 3.05) is 5.73 Å². The molecule has 0 aliphatic rings. The Labute approximate surface area is 102 Å². The van der Waals surface area contributed by atoms with E-state index >= 15 is 0 Å². The molecule has 0 aliphatic heterocycles. The summed E-state index contributed by atoms with van der Waals surface area (Å²) in [4.78, 5) is 11.7. The van der Waals surface area contributed by atoms with E-state index in [4.69, 9.17) is 15.7 Å². The molecular weight excluding hydrogens is 272 g/mol. The number of hydrogen-bond donors (Lipinski definition) is 1. The quantitative estimate of drug-likeness (QED) is 0.683. The van der Waals surface area contributed by atoms with Gasteiger partial charge in [0.05, 0.1) is 10.0 Å². The standard InChI is InChI=1S/C11H11BrN2O2/c1-2-7(6-13)16-11(15)8-4-3-5-9(14)10(8)12/h3-5,7H,2,14H2,1H3. The largest absolute Gasteiger partial charge is 0.443 e. The van der Waals surface area contributed by atoms with Crippen LogP contribution >= 0.6 is 15.9 Å². The lowest BCUT2D eigenvalue weighted by molar-refractivity contribution is 0.0400. The van der Waals surface area contributed by atoms with Crippen molar-refractivity contribution in [1.82, 2.24) is 0 Å². The molecule has 0 bridgehead atoms. The average Bonchev–Trinajstić information content (AvgIpc) is 2.29. The number of carbonyl (C=O) groups is 1. The summed E-state index contributed by atoms with van der Waals surface area (Å²) in [6.45, 7) is 1.77. The fourth-order valence-electron chi connectivity index (χ4n) is 1.10. The van der Waals surface area contributed by atoms with Crippen LogP contribution in [0.1, 0.15) is 23.7 Å². The Morgan fingerprint density at radius 2 is 2.38 bits per heavy atom. The van der Waals surface area contributed by atoms with E-state index in [1.807, 2.05) is 6.07 Å². The van der Waals surface area contributed by atoms with Crippen molar-refractivity contribution in [1.29, 1.82) is 5.26 Å². The molecule has 0 spiro atoms. The first kappa shape index (κ1) is 12.5. The zero-order valence-electron chi connectivity index (χ0n) is 8.74. The third kappa shape index (κ3) is 2.74. The third-order valence-corrected chi connectivity index (χ3v) is 2.90. The zero-order valence-corrected chi connectivity index (χ0v) is 10.3. The number of hydrogen-bond acceptors (Lipinski definition) is 4. The topological polar surface area (TPSA) is 76.1 Å². The van der Waals surface area contributed by atoms with Crippen LogP contribution < -0.4 is 5.73 Å². The van der Waals surface area contributed by atoms with Crippen molar-refractivity contribution < 1.29 is 9.53 Å². The monoisotopic (exact) mass is 282 g/mol. The number of rotatable bonds is 3. The first-order chi connectivity index (χ1) is 7.60. The summed E-state index contributed by atoms with van der Waals surface area (Å²) in [5, 5.41) is 8.68. The van der Waals surface area contributed by atoms with Crippen molar-refractivity contribution in [2.24, 2.45) is 0 Å². The molecule has 5 heteroatoms. The number of anilines is 1. The van der Waals surface area contributed by atoms with Gasteiger partial charge in [0.15, 0.2) is 6.10 Å². The van der Waals surface area contributed by atoms with Crippen LogP contribution in [0, 0.1) is 11.3 Å². The van der Waals surface area contributed by atoms with E-state index in [9.17, 15) is 4.79 Å². The van der Waals surface area contributed by atoms with Crippen LogP contribution in [-0.2, 0) is 4.74 Å². The van der Waals surface area contributed by atoms with Crippen LogP contribution in [-0.4, -0.2) is 12.1 Å². The Morgan fingerprint density at radius 1 is 1.69 bits per heavy atom. The molecule has 84 valence electrons. The molecule has 0 fully saturated rings. The van der Waals surface area contributed by atoms with Gasteiger partial charge in [0.25, 0.3) is 0 Å². The molecule has 0 amide bonds. The van der Waals surface area contributed by atoms with Gasteiger partial charge in [0, 0.05) is 5.69 Å². The molecule has 1 aromatic carbocycles. The van der Waals surface area contributed by atoms with Crippen LogP contribution in [0.2, 0.25) is 0 Å². The molecule has 16 heavy (non-hydrogen) atoms. The van der Waals surface area contributed by atoms with E-state index < -0.39 is 12.1 Å². The molecule has 0 heterocycles. The van der Waals surface area contributed by atoms with Crippen molar-refractivity contribution in [3.05, 3.63) is 28.2 Å². The second kappa shape index (κ2) is 5.52. The Bertz CT molecular complexity index is 440. The molecule has 2 N–H and O–H groups in total. The first-order valence-electron chi connectivity index (χ1n) is 4.74. The number of carbonyl (C=O) groups excluding carboxylic acids is 1. The highest BCUT2D eigenvalue weighted by molar-refractivity contribution is 9.10. The number of nitrogens with two attached hydrogens (primary N) is 1. The Kier molecular flexibility index (Phi) is 4.32. The van der Waals surface area contributed by atoms with Gasteiger partial charge in [-0.15, -0.1) is 0 Å². The Morgan fingerprint density at radius 3 is 2.94 bits per heavy atom. The lowest BCUT2D eigenvalue weighted by Crippen LogP contribution is -2.16. The second-order valence-corrected chi connectivity index (χ2v) is 3.93. The summed E-state index contributed by atoms with van der Waals surface area (Å²) in [6, 6.07) is 6.81. The average molecular weight is 283 g/mol. The normalized spacial score (nSPS) is 11.6. The molecule has 4 nitrogen and oxygen atoms in total. The van der Waals surface area contributed by atoms with Crippen molar-refractivity contribution >= 4 is 27.6 Å². The van der Waals surface area contributed by atoms with Gasteiger partial charge < -0.3 is 10.5 Å². The molecule has 1 unspecified atom stereocenters. The summed E-state index contributed by atoms with van der Waals surface area (Å²) in [6.07, 6.45) is -0.261. The van der Waals surface area contributed by atoms with Gasteiger partial charge in [0.2, 0.25) is 0 Å². The van der Waals surface area contributed by atoms with Gasteiger partial charge in [-0.2, -0.15) is 5.26 Å². The summed E-state index contributed by atoms with van der Waals surface area (Å²) < 4.78 is 5.48. The number of halogens is 1. The predicted octanol–water partition coefficient (Wildman–Crippen LogP) is 2.49. The number of ether oxygens (including phenoxy) is 1. The maximum atomic E-state index is 11.7. The lowest BCUT2D eigenvalue weighted by atomic mass is 10.2. The lowest BCUT2D eigenvalue weighted by Gasteiger charge is -2.10. The fraction of sp³-hybridized carbons (Fsp3) is 0.273. The molecular formula is C11H11BrN2O2.